The first-order chi connectivity index (χ1) is 10.3. The van der Waals surface area contributed by atoms with E-state index in [-0.39, 0.29) is 0 Å². The van der Waals surface area contributed by atoms with Crippen LogP contribution in [0.2, 0.25) is 0 Å². The molecule has 1 aromatic carbocycles. The third-order valence-electron chi connectivity index (χ3n) is 4.62. The van der Waals surface area contributed by atoms with Crippen LogP contribution in [0.15, 0.2) is 24.3 Å². The van der Waals surface area contributed by atoms with Crippen molar-refractivity contribution in [3.8, 4) is 0 Å². The number of aryl methyl sites for hydroxylation is 1. The molecule has 0 N–H and O–H groups in total. The summed E-state index contributed by atoms with van der Waals surface area (Å²) in [5.74, 6) is 2.15. The lowest BCUT2D eigenvalue weighted by atomic mass is 10.0. The zero-order valence-electron chi connectivity index (χ0n) is 13.4. The van der Waals surface area contributed by atoms with Crippen molar-refractivity contribution in [2.45, 2.75) is 52.6 Å². The molecule has 1 unspecified atom stereocenters. The fourth-order valence-corrected chi connectivity index (χ4v) is 3.58. The average molecular weight is 285 g/mol. The normalized spacial score (nSPS) is 19.6. The van der Waals surface area contributed by atoms with Gasteiger partial charge in [-0.25, -0.2) is 4.98 Å². The van der Waals surface area contributed by atoms with Crippen LogP contribution in [-0.2, 0) is 13.1 Å². The van der Waals surface area contributed by atoms with Crippen LogP contribution in [0.1, 0.15) is 45.4 Å². The van der Waals surface area contributed by atoms with E-state index >= 15 is 0 Å². The minimum absolute atomic E-state index is 0.902. The van der Waals surface area contributed by atoms with E-state index in [1.54, 1.807) is 0 Å². The number of hydrogen-bond donors (Lipinski definition) is 0. The van der Waals surface area contributed by atoms with Gasteiger partial charge in [-0.2, -0.15) is 0 Å². The molecule has 3 nitrogen and oxygen atoms in total. The molecule has 114 valence electrons. The van der Waals surface area contributed by atoms with Crippen molar-refractivity contribution >= 4 is 11.0 Å². The van der Waals surface area contributed by atoms with Crippen LogP contribution in [0, 0.1) is 5.92 Å². The van der Waals surface area contributed by atoms with Crippen LogP contribution in [0.25, 0.3) is 11.0 Å². The van der Waals surface area contributed by atoms with Gasteiger partial charge < -0.3 is 4.57 Å². The Hall–Kier alpha value is -1.35. The molecular weight excluding hydrogens is 258 g/mol. The standard InChI is InChI=1S/C18H27N3/c1-3-7-15-11-12-20(13-15)14-21-17-10-6-5-9-16(17)19-18(21)8-4-2/h5-6,9-10,15H,3-4,7-8,11-14H2,1-2H3. The van der Waals surface area contributed by atoms with Crippen LogP contribution in [0.3, 0.4) is 0 Å². The number of para-hydroxylation sites is 2. The van der Waals surface area contributed by atoms with Crippen LogP contribution in [0.4, 0.5) is 0 Å². The molecule has 2 heterocycles. The van der Waals surface area contributed by atoms with Gasteiger partial charge in [0.25, 0.3) is 0 Å². The molecule has 3 rings (SSSR count). The van der Waals surface area contributed by atoms with Crippen molar-refractivity contribution in [3.05, 3.63) is 30.1 Å². The van der Waals surface area contributed by atoms with Gasteiger partial charge in [-0.3, -0.25) is 4.90 Å². The monoisotopic (exact) mass is 285 g/mol. The van der Waals surface area contributed by atoms with Crippen LogP contribution in [0.5, 0.6) is 0 Å². The number of benzene rings is 1. The Balaban J connectivity index is 1.81. The molecule has 1 aromatic heterocycles. The molecule has 21 heavy (non-hydrogen) atoms. The molecule has 0 radical (unpaired) electrons. The minimum Gasteiger partial charge on any atom is -0.314 e. The molecule has 2 aromatic rings. The molecule has 3 heteroatoms. The zero-order valence-corrected chi connectivity index (χ0v) is 13.4. The second-order valence-electron chi connectivity index (χ2n) is 6.36. The average Bonchev–Trinajstić information content (AvgIpc) is 3.06. The Morgan fingerprint density at radius 3 is 2.86 bits per heavy atom. The van der Waals surface area contributed by atoms with Crippen molar-refractivity contribution in [1.29, 1.82) is 0 Å². The summed E-state index contributed by atoms with van der Waals surface area (Å²) in [6.07, 6.45) is 6.28. The predicted molar refractivity (Wildman–Crippen MR) is 88.3 cm³/mol. The molecule has 1 aliphatic rings. The largest absolute Gasteiger partial charge is 0.314 e. The lowest BCUT2D eigenvalue weighted by Gasteiger charge is -2.19. The third-order valence-corrected chi connectivity index (χ3v) is 4.62. The lowest BCUT2D eigenvalue weighted by Crippen LogP contribution is -2.25. The van der Waals surface area contributed by atoms with Crippen LogP contribution in [-0.4, -0.2) is 27.5 Å². The summed E-state index contributed by atoms with van der Waals surface area (Å²) >= 11 is 0. The Morgan fingerprint density at radius 2 is 2.05 bits per heavy atom. The van der Waals surface area contributed by atoms with E-state index in [0.717, 1.165) is 30.9 Å². The van der Waals surface area contributed by atoms with E-state index in [9.17, 15) is 0 Å². The Labute approximate surface area is 128 Å². The summed E-state index contributed by atoms with van der Waals surface area (Å²) in [6.45, 7) is 8.03. The van der Waals surface area contributed by atoms with E-state index in [1.807, 2.05) is 0 Å². The molecule has 1 saturated heterocycles. The van der Waals surface area contributed by atoms with E-state index < -0.39 is 0 Å². The second-order valence-corrected chi connectivity index (χ2v) is 6.36. The maximum atomic E-state index is 4.84. The highest BCUT2D eigenvalue weighted by molar-refractivity contribution is 5.75. The van der Waals surface area contributed by atoms with Gasteiger partial charge in [-0.05, 0) is 37.3 Å². The highest BCUT2D eigenvalue weighted by atomic mass is 15.3. The summed E-state index contributed by atoms with van der Waals surface area (Å²) in [6, 6.07) is 8.55. The summed E-state index contributed by atoms with van der Waals surface area (Å²) < 4.78 is 2.44. The quantitative estimate of drug-likeness (QED) is 0.798. The maximum Gasteiger partial charge on any atom is 0.110 e. The van der Waals surface area contributed by atoms with Gasteiger partial charge >= 0.3 is 0 Å². The molecule has 0 saturated carbocycles. The molecule has 0 spiro atoms. The molecule has 0 aliphatic carbocycles. The minimum atomic E-state index is 0.902. The number of hydrogen-bond acceptors (Lipinski definition) is 2. The Kier molecular flexibility index (Phi) is 4.59. The fourth-order valence-electron chi connectivity index (χ4n) is 3.58. The number of nitrogens with zero attached hydrogens (tertiary/aromatic N) is 3. The van der Waals surface area contributed by atoms with Gasteiger partial charge in [0.15, 0.2) is 0 Å². The predicted octanol–water partition coefficient (Wildman–Crippen LogP) is 4.07. The van der Waals surface area contributed by atoms with Crippen molar-refractivity contribution in [2.75, 3.05) is 13.1 Å². The van der Waals surface area contributed by atoms with Crippen LogP contribution < -0.4 is 0 Å². The van der Waals surface area contributed by atoms with E-state index in [1.165, 1.54) is 43.7 Å². The SMILES string of the molecule is CCCc1nc2ccccc2n1CN1CCC(CCC)C1. The topological polar surface area (TPSA) is 21.1 Å². The van der Waals surface area contributed by atoms with Gasteiger partial charge in [-0.15, -0.1) is 0 Å². The van der Waals surface area contributed by atoms with Crippen molar-refractivity contribution in [1.82, 2.24) is 14.5 Å². The number of aromatic nitrogens is 2. The number of rotatable bonds is 6. The number of fused-ring (bicyclic) bond motifs is 1. The van der Waals surface area contributed by atoms with Gasteiger partial charge in [0, 0.05) is 19.5 Å². The van der Waals surface area contributed by atoms with E-state index in [0.29, 0.717) is 0 Å². The highest BCUT2D eigenvalue weighted by Crippen LogP contribution is 2.24. The Bertz CT molecular complexity index is 587. The summed E-state index contributed by atoms with van der Waals surface area (Å²) in [4.78, 5) is 7.44. The first kappa shape index (κ1) is 14.6. The second kappa shape index (κ2) is 6.61. The van der Waals surface area contributed by atoms with Gasteiger partial charge in [0.2, 0.25) is 0 Å². The van der Waals surface area contributed by atoms with Gasteiger partial charge in [0.05, 0.1) is 17.7 Å². The molecular formula is C18H27N3. The van der Waals surface area contributed by atoms with Crippen LogP contribution >= 0.6 is 0 Å². The smallest absolute Gasteiger partial charge is 0.110 e. The molecule has 1 fully saturated rings. The number of imidazole rings is 1. The Morgan fingerprint density at radius 1 is 1.19 bits per heavy atom. The number of likely N-dealkylation sites (tertiary alicyclic amines) is 1. The summed E-state index contributed by atoms with van der Waals surface area (Å²) in [5.41, 5.74) is 2.44. The van der Waals surface area contributed by atoms with Gasteiger partial charge in [0.1, 0.15) is 5.82 Å². The first-order valence-electron chi connectivity index (χ1n) is 8.48. The third kappa shape index (κ3) is 3.13. The van der Waals surface area contributed by atoms with E-state index in [4.69, 9.17) is 4.98 Å². The summed E-state index contributed by atoms with van der Waals surface area (Å²) in [5, 5.41) is 0. The summed E-state index contributed by atoms with van der Waals surface area (Å²) in [7, 11) is 0. The highest BCUT2D eigenvalue weighted by Gasteiger charge is 2.23. The van der Waals surface area contributed by atoms with Gasteiger partial charge in [-0.1, -0.05) is 32.4 Å². The van der Waals surface area contributed by atoms with Crippen molar-refractivity contribution in [2.24, 2.45) is 5.92 Å². The van der Waals surface area contributed by atoms with Crippen molar-refractivity contribution in [3.63, 3.8) is 0 Å². The van der Waals surface area contributed by atoms with Crippen molar-refractivity contribution < 1.29 is 0 Å². The first-order valence-corrected chi connectivity index (χ1v) is 8.48. The molecule has 0 amide bonds. The zero-order chi connectivity index (χ0) is 14.7. The lowest BCUT2D eigenvalue weighted by molar-refractivity contribution is 0.257. The van der Waals surface area contributed by atoms with E-state index in [2.05, 4.69) is 47.6 Å². The molecule has 1 atom stereocenters. The maximum absolute atomic E-state index is 4.84. The fraction of sp³-hybridized carbons (Fsp3) is 0.611. The molecule has 1 aliphatic heterocycles. The molecule has 0 bridgehead atoms.